The van der Waals surface area contributed by atoms with Crippen molar-refractivity contribution in [3.05, 3.63) is 11.6 Å². The number of aromatic nitrogens is 3. The number of carbonyl (C=O) groups is 1. The summed E-state index contributed by atoms with van der Waals surface area (Å²) in [6.07, 6.45) is 1.59. The third kappa shape index (κ3) is 2.25. The molecule has 2 aliphatic heterocycles. The molecule has 1 fully saturated rings. The van der Waals surface area contributed by atoms with Crippen LogP contribution in [0.2, 0.25) is 0 Å². The number of fused-ring (bicyclic) bond motifs is 1. The number of ether oxygens (including phenoxy) is 1. The topological polar surface area (TPSA) is 60.2 Å². The summed E-state index contributed by atoms with van der Waals surface area (Å²) in [5.41, 5.74) is 0. The minimum atomic E-state index is -0.237. The van der Waals surface area contributed by atoms with E-state index in [0.29, 0.717) is 19.1 Å². The number of rotatable bonds is 2. The maximum absolute atomic E-state index is 12.3. The predicted molar refractivity (Wildman–Crippen MR) is 68.5 cm³/mol. The quantitative estimate of drug-likeness (QED) is 0.797. The lowest BCUT2D eigenvalue weighted by atomic mass is 10.2. The van der Waals surface area contributed by atoms with Gasteiger partial charge in [-0.1, -0.05) is 13.8 Å². The Morgan fingerprint density at radius 2 is 2.21 bits per heavy atom. The first kappa shape index (κ1) is 12.6. The van der Waals surface area contributed by atoms with Crippen molar-refractivity contribution < 1.29 is 9.53 Å². The highest BCUT2D eigenvalue weighted by Crippen LogP contribution is 2.21. The van der Waals surface area contributed by atoms with Gasteiger partial charge in [0.15, 0.2) is 5.82 Å². The fourth-order valence-corrected chi connectivity index (χ4v) is 2.77. The summed E-state index contributed by atoms with van der Waals surface area (Å²) in [7, 11) is 0. The van der Waals surface area contributed by atoms with E-state index in [4.69, 9.17) is 4.74 Å². The smallest absolute Gasteiger partial charge is 0.252 e. The summed E-state index contributed by atoms with van der Waals surface area (Å²) in [4.78, 5) is 14.1. The zero-order valence-electron chi connectivity index (χ0n) is 11.5. The Labute approximate surface area is 112 Å². The molecule has 19 heavy (non-hydrogen) atoms. The van der Waals surface area contributed by atoms with E-state index < -0.39 is 0 Å². The molecule has 6 heteroatoms. The van der Waals surface area contributed by atoms with Gasteiger partial charge in [-0.3, -0.25) is 4.79 Å². The fourth-order valence-electron chi connectivity index (χ4n) is 2.77. The van der Waals surface area contributed by atoms with Crippen molar-refractivity contribution in [2.24, 2.45) is 0 Å². The first-order valence-corrected chi connectivity index (χ1v) is 6.99. The normalized spacial score (nSPS) is 22.9. The van der Waals surface area contributed by atoms with Gasteiger partial charge in [0.2, 0.25) is 0 Å². The first-order chi connectivity index (χ1) is 9.16. The third-order valence-electron chi connectivity index (χ3n) is 3.82. The van der Waals surface area contributed by atoms with Crippen LogP contribution in [-0.4, -0.2) is 44.8 Å². The first-order valence-electron chi connectivity index (χ1n) is 6.99. The number of carbonyl (C=O) groups excluding carboxylic acids is 1. The summed E-state index contributed by atoms with van der Waals surface area (Å²) >= 11 is 0. The van der Waals surface area contributed by atoms with E-state index in [1.165, 1.54) is 0 Å². The zero-order chi connectivity index (χ0) is 13.4. The summed E-state index contributed by atoms with van der Waals surface area (Å²) in [6.45, 7) is 7.00. The Morgan fingerprint density at radius 3 is 2.89 bits per heavy atom. The molecular weight excluding hydrogens is 244 g/mol. The van der Waals surface area contributed by atoms with Crippen LogP contribution in [0.3, 0.4) is 0 Å². The highest BCUT2D eigenvalue weighted by molar-refractivity contribution is 5.81. The van der Waals surface area contributed by atoms with Gasteiger partial charge in [0.05, 0.1) is 6.54 Å². The number of hydrogen-bond acceptors (Lipinski definition) is 4. The summed E-state index contributed by atoms with van der Waals surface area (Å²) in [6, 6.07) is 0. The molecule has 3 heterocycles. The molecule has 0 bridgehead atoms. The minimum Gasteiger partial charge on any atom is -0.368 e. The van der Waals surface area contributed by atoms with Crippen LogP contribution in [0, 0.1) is 0 Å². The molecule has 0 aliphatic carbocycles. The monoisotopic (exact) mass is 264 g/mol. The standard InChI is InChI=1S/C13H20N4O2/c1-9(2)12-15-14-11-8-16(5-6-17(11)12)13(18)10-4-3-7-19-10/h9-10H,3-8H2,1-2H3. The van der Waals surface area contributed by atoms with Crippen molar-refractivity contribution in [2.45, 2.75) is 51.8 Å². The molecule has 1 aromatic heterocycles. The maximum Gasteiger partial charge on any atom is 0.252 e. The van der Waals surface area contributed by atoms with Gasteiger partial charge in [0, 0.05) is 25.6 Å². The van der Waals surface area contributed by atoms with Crippen molar-refractivity contribution in [2.75, 3.05) is 13.2 Å². The van der Waals surface area contributed by atoms with Crippen LogP contribution in [0.5, 0.6) is 0 Å². The van der Waals surface area contributed by atoms with Crippen molar-refractivity contribution in [3.8, 4) is 0 Å². The molecule has 1 amide bonds. The van der Waals surface area contributed by atoms with Crippen LogP contribution in [0.1, 0.15) is 44.3 Å². The van der Waals surface area contributed by atoms with Gasteiger partial charge in [0.1, 0.15) is 11.9 Å². The van der Waals surface area contributed by atoms with Crippen molar-refractivity contribution in [3.63, 3.8) is 0 Å². The molecule has 104 valence electrons. The van der Waals surface area contributed by atoms with E-state index in [1.54, 1.807) is 0 Å². The van der Waals surface area contributed by atoms with Crippen LogP contribution in [0.25, 0.3) is 0 Å². The van der Waals surface area contributed by atoms with Gasteiger partial charge < -0.3 is 14.2 Å². The van der Waals surface area contributed by atoms with Crippen molar-refractivity contribution >= 4 is 5.91 Å². The van der Waals surface area contributed by atoms with Crippen LogP contribution < -0.4 is 0 Å². The molecule has 1 aromatic rings. The molecule has 6 nitrogen and oxygen atoms in total. The predicted octanol–water partition coefficient (Wildman–Crippen LogP) is 0.923. The Balaban J connectivity index is 1.73. The van der Waals surface area contributed by atoms with Crippen LogP contribution in [0.4, 0.5) is 0 Å². The molecular formula is C13H20N4O2. The van der Waals surface area contributed by atoms with Crippen molar-refractivity contribution in [1.82, 2.24) is 19.7 Å². The van der Waals surface area contributed by atoms with Crippen LogP contribution in [-0.2, 0) is 22.6 Å². The highest BCUT2D eigenvalue weighted by atomic mass is 16.5. The number of hydrogen-bond donors (Lipinski definition) is 0. The van der Waals surface area contributed by atoms with Crippen LogP contribution >= 0.6 is 0 Å². The lowest BCUT2D eigenvalue weighted by Gasteiger charge is -2.29. The second kappa shape index (κ2) is 4.92. The Bertz CT molecular complexity index is 477. The van der Waals surface area contributed by atoms with E-state index in [1.807, 2.05) is 4.90 Å². The summed E-state index contributed by atoms with van der Waals surface area (Å²) in [5, 5.41) is 8.45. The Kier molecular flexibility index (Phi) is 3.26. The van der Waals surface area contributed by atoms with Gasteiger partial charge in [-0.25, -0.2) is 0 Å². The molecule has 3 rings (SSSR count). The van der Waals surface area contributed by atoms with Gasteiger partial charge in [-0.05, 0) is 12.8 Å². The molecule has 0 saturated carbocycles. The Morgan fingerprint density at radius 1 is 1.37 bits per heavy atom. The molecule has 0 radical (unpaired) electrons. The van der Waals surface area contributed by atoms with Crippen molar-refractivity contribution in [1.29, 1.82) is 0 Å². The number of amides is 1. The lowest BCUT2D eigenvalue weighted by molar-refractivity contribution is -0.142. The van der Waals surface area contributed by atoms with E-state index in [9.17, 15) is 4.79 Å². The summed E-state index contributed by atoms with van der Waals surface area (Å²) < 4.78 is 7.61. The molecule has 1 atom stereocenters. The third-order valence-corrected chi connectivity index (χ3v) is 3.82. The van der Waals surface area contributed by atoms with Gasteiger partial charge in [0.25, 0.3) is 5.91 Å². The van der Waals surface area contributed by atoms with Gasteiger partial charge in [-0.2, -0.15) is 0 Å². The molecule has 1 unspecified atom stereocenters. The van der Waals surface area contributed by atoms with Crippen LogP contribution in [0.15, 0.2) is 0 Å². The fraction of sp³-hybridized carbons (Fsp3) is 0.769. The molecule has 0 aromatic carbocycles. The molecule has 1 saturated heterocycles. The molecule has 2 aliphatic rings. The second-order valence-corrected chi connectivity index (χ2v) is 5.54. The zero-order valence-corrected chi connectivity index (χ0v) is 11.5. The maximum atomic E-state index is 12.3. The largest absolute Gasteiger partial charge is 0.368 e. The lowest BCUT2D eigenvalue weighted by Crippen LogP contribution is -2.43. The summed E-state index contributed by atoms with van der Waals surface area (Å²) in [5.74, 6) is 2.38. The second-order valence-electron chi connectivity index (χ2n) is 5.54. The van der Waals surface area contributed by atoms with Gasteiger partial charge >= 0.3 is 0 Å². The van der Waals surface area contributed by atoms with Gasteiger partial charge in [-0.15, -0.1) is 10.2 Å². The minimum absolute atomic E-state index is 0.109. The number of nitrogens with zero attached hydrogens (tertiary/aromatic N) is 4. The van der Waals surface area contributed by atoms with E-state index >= 15 is 0 Å². The van der Waals surface area contributed by atoms with E-state index in [2.05, 4.69) is 28.6 Å². The van der Waals surface area contributed by atoms with E-state index in [0.717, 1.165) is 37.6 Å². The highest BCUT2D eigenvalue weighted by Gasteiger charge is 2.31. The Hall–Kier alpha value is -1.43. The average Bonchev–Trinajstić information content (AvgIpc) is 3.06. The SMILES string of the molecule is CC(C)c1nnc2n1CCN(C(=O)C1CCCO1)C2. The molecule has 0 N–H and O–H groups in total. The average molecular weight is 264 g/mol. The van der Waals surface area contributed by atoms with E-state index in [-0.39, 0.29) is 12.0 Å². The molecule has 0 spiro atoms.